The van der Waals surface area contributed by atoms with E-state index in [4.69, 9.17) is 18.9 Å². The molecule has 5 nitrogen and oxygen atoms in total. The van der Waals surface area contributed by atoms with E-state index in [1.807, 2.05) is 32.0 Å². The maximum absolute atomic E-state index is 12.8. The molecule has 2 aromatic rings. The monoisotopic (exact) mass is 416 g/mol. The number of ketones is 1. The van der Waals surface area contributed by atoms with Gasteiger partial charge in [-0.2, -0.15) is 0 Å². The van der Waals surface area contributed by atoms with Crippen LogP contribution in [-0.2, 0) is 11.3 Å². The van der Waals surface area contributed by atoms with Gasteiger partial charge in [0.05, 0.1) is 18.8 Å². The van der Waals surface area contributed by atoms with Crippen LogP contribution >= 0.6 is 15.9 Å². The van der Waals surface area contributed by atoms with Crippen molar-refractivity contribution >= 4 is 27.8 Å². The van der Waals surface area contributed by atoms with E-state index < -0.39 is 0 Å². The second-order valence-electron chi connectivity index (χ2n) is 6.08. The predicted molar refractivity (Wildman–Crippen MR) is 99.7 cm³/mol. The van der Waals surface area contributed by atoms with Crippen molar-refractivity contribution in [1.29, 1.82) is 0 Å². The number of hydrogen-bond acceptors (Lipinski definition) is 5. The lowest BCUT2D eigenvalue weighted by Crippen LogP contribution is -2.12. The van der Waals surface area contributed by atoms with Crippen molar-refractivity contribution in [3.63, 3.8) is 0 Å². The lowest BCUT2D eigenvalue weighted by atomic mass is 10.0. The molecule has 26 heavy (non-hydrogen) atoms. The normalized spacial score (nSPS) is 16.7. The van der Waals surface area contributed by atoms with Gasteiger partial charge in [-0.3, -0.25) is 4.79 Å². The minimum absolute atomic E-state index is 0.138. The number of fused-ring (bicyclic) bond motifs is 2. The van der Waals surface area contributed by atoms with Gasteiger partial charge < -0.3 is 18.9 Å². The van der Waals surface area contributed by atoms with Crippen molar-refractivity contribution in [1.82, 2.24) is 0 Å². The van der Waals surface area contributed by atoms with Crippen molar-refractivity contribution in [2.45, 2.75) is 20.5 Å². The molecule has 0 N–H and O–H groups in total. The fourth-order valence-corrected chi connectivity index (χ4v) is 3.71. The molecular weight excluding hydrogens is 400 g/mol. The molecule has 0 saturated heterocycles. The maximum atomic E-state index is 12.8. The molecule has 0 fully saturated rings. The van der Waals surface area contributed by atoms with Crippen molar-refractivity contribution in [3.8, 4) is 17.2 Å². The average Bonchev–Trinajstić information content (AvgIpc) is 2.91. The van der Waals surface area contributed by atoms with Gasteiger partial charge in [0, 0.05) is 21.7 Å². The van der Waals surface area contributed by atoms with Crippen LogP contribution in [0.5, 0.6) is 17.2 Å². The van der Waals surface area contributed by atoms with Crippen molar-refractivity contribution in [2.24, 2.45) is 0 Å². The molecule has 0 aliphatic carbocycles. The van der Waals surface area contributed by atoms with Crippen LogP contribution in [0.25, 0.3) is 6.08 Å². The highest BCUT2D eigenvalue weighted by atomic mass is 79.9. The molecule has 0 spiro atoms. The molecule has 2 aliphatic rings. The summed E-state index contributed by atoms with van der Waals surface area (Å²) in [4.78, 5) is 12.8. The summed E-state index contributed by atoms with van der Waals surface area (Å²) in [5.74, 6) is 2.07. The minimum atomic E-state index is -0.138. The maximum Gasteiger partial charge on any atom is 0.232 e. The number of carbonyl (C=O) groups excluding carboxylic acids is 1. The predicted octanol–water partition coefficient (Wildman–Crippen LogP) is 4.64. The highest BCUT2D eigenvalue weighted by Crippen LogP contribution is 2.39. The molecule has 0 bridgehead atoms. The number of carbonyl (C=O) groups is 1. The van der Waals surface area contributed by atoms with Gasteiger partial charge in [0.15, 0.2) is 12.6 Å². The standard InChI is InChI=1S/C20H17BrO5/c1-3-24-15-4-11(2)18-16(8-15)26-17(19(18)22)7-12-5-14(21)6-13-9-23-10-25-20(12)13/h4-8H,3,9-10H2,1-2H3/b17-7-. The zero-order valence-corrected chi connectivity index (χ0v) is 16.0. The fourth-order valence-electron chi connectivity index (χ4n) is 3.18. The summed E-state index contributed by atoms with van der Waals surface area (Å²) in [5.41, 5.74) is 3.11. The van der Waals surface area contributed by atoms with Crippen LogP contribution < -0.4 is 14.2 Å². The van der Waals surface area contributed by atoms with Gasteiger partial charge in [0.2, 0.25) is 5.78 Å². The first-order valence-corrected chi connectivity index (χ1v) is 9.10. The number of benzene rings is 2. The van der Waals surface area contributed by atoms with Crippen molar-refractivity contribution in [2.75, 3.05) is 13.4 Å². The number of ether oxygens (including phenoxy) is 4. The zero-order chi connectivity index (χ0) is 18.3. The fraction of sp³-hybridized carbons (Fsp3) is 0.250. The number of hydrogen-bond donors (Lipinski definition) is 0. The Morgan fingerprint density at radius 3 is 2.92 bits per heavy atom. The third-order valence-electron chi connectivity index (χ3n) is 4.24. The van der Waals surface area contributed by atoms with Crippen molar-refractivity contribution in [3.05, 3.63) is 56.8 Å². The Bertz CT molecular complexity index is 932. The second-order valence-corrected chi connectivity index (χ2v) is 7.00. The van der Waals surface area contributed by atoms with Crippen LogP contribution in [0.1, 0.15) is 34.0 Å². The summed E-state index contributed by atoms with van der Waals surface area (Å²) < 4.78 is 23.2. The van der Waals surface area contributed by atoms with E-state index in [9.17, 15) is 4.79 Å². The van der Waals surface area contributed by atoms with E-state index in [0.717, 1.165) is 21.2 Å². The first-order chi connectivity index (χ1) is 12.6. The smallest absolute Gasteiger partial charge is 0.232 e. The lowest BCUT2D eigenvalue weighted by molar-refractivity contribution is -0.0165. The van der Waals surface area contributed by atoms with Crippen LogP contribution in [0.3, 0.4) is 0 Å². The Hall–Kier alpha value is -2.31. The van der Waals surface area contributed by atoms with Gasteiger partial charge in [-0.1, -0.05) is 15.9 Å². The molecule has 0 amide bonds. The van der Waals surface area contributed by atoms with E-state index in [1.165, 1.54) is 0 Å². The molecule has 134 valence electrons. The first kappa shape index (κ1) is 17.1. The summed E-state index contributed by atoms with van der Waals surface area (Å²) in [5, 5.41) is 0. The Kier molecular flexibility index (Phi) is 4.46. The molecule has 2 heterocycles. The number of rotatable bonds is 3. The van der Waals surface area contributed by atoms with Crippen molar-refractivity contribution < 1.29 is 23.7 Å². The largest absolute Gasteiger partial charge is 0.494 e. The number of allylic oxidation sites excluding steroid dienone is 1. The van der Waals surface area contributed by atoms with Gasteiger partial charge in [0.25, 0.3) is 0 Å². The molecule has 6 heteroatoms. The van der Waals surface area contributed by atoms with E-state index in [0.29, 0.717) is 36.0 Å². The molecule has 2 aromatic carbocycles. The third kappa shape index (κ3) is 2.99. The van der Waals surface area contributed by atoms with E-state index in [2.05, 4.69) is 15.9 Å². The Morgan fingerprint density at radius 1 is 1.27 bits per heavy atom. The minimum Gasteiger partial charge on any atom is -0.494 e. The topological polar surface area (TPSA) is 54.0 Å². The van der Waals surface area contributed by atoms with Crippen LogP contribution in [0.4, 0.5) is 0 Å². The Labute approximate surface area is 159 Å². The van der Waals surface area contributed by atoms with Gasteiger partial charge in [-0.25, -0.2) is 0 Å². The van der Waals surface area contributed by atoms with Crippen LogP contribution in [0.15, 0.2) is 34.5 Å². The Morgan fingerprint density at radius 2 is 2.12 bits per heavy atom. The van der Waals surface area contributed by atoms with E-state index in [1.54, 1.807) is 12.1 Å². The average molecular weight is 417 g/mol. The van der Waals surface area contributed by atoms with Crippen LogP contribution in [0, 0.1) is 6.92 Å². The molecule has 2 aliphatic heterocycles. The number of Topliss-reactive ketones (excluding diaryl/α,β-unsaturated/α-hetero) is 1. The number of aryl methyl sites for hydroxylation is 1. The second kappa shape index (κ2) is 6.78. The van der Waals surface area contributed by atoms with Gasteiger partial charge in [-0.15, -0.1) is 0 Å². The highest BCUT2D eigenvalue weighted by Gasteiger charge is 2.30. The first-order valence-electron chi connectivity index (χ1n) is 8.31. The van der Waals surface area contributed by atoms with Gasteiger partial charge >= 0.3 is 0 Å². The molecular formula is C20H17BrO5. The van der Waals surface area contributed by atoms with Gasteiger partial charge in [-0.05, 0) is 43.7 Å². The molecule has 4 rings (SSSR count). The SMILES string of the molecule is CCOc1cc(C)c2c(c1)O/C(=C\c1cc(Br)cc3c1OCOC3)C2=O. The molecule has 0 saturated carbocycles. The summed E-state index contributed by atoms with van der Waals surface area (Å²) in [6.45, 7) is 5.01. The molecule has 0 unspecified atom stereocenters. The van der Waals surface area contributed by atoms with E-state index >= 15 is 0 Å². The molecule has 0 aromatic heterocycles. The molecule has 0 radical (unpaired) electrons. The quantitative estimate of drug-likeness (QED) is 0.682. The van der Waals surface area contributed by atoms with Crippen LogP contribution in [-0.4, -0.2) is 19.2 Å². The van der Waals surface area contributed by atoms with Crippen LogP contribution in [0.2, 0.25) is 0 Å². The lowest BCUT2D eigenvalue weighted by Gasteiger charge is -2.20. The Balaban J connectivity index is 1.75. The highest BCUT2D eigenvalue weighted by molar-refractivity contribution is 9.10. The number of halogens is 1. The zero-order valence-electron chi connectivity index (χ0n) is 14.4. The molecule has 0 atom stereocenters. The third-order valence-corrected chi connectivity index (χ3v) is 4.70. The van der Waals surface area contributed by atoms with E-state index in [-0.39, 0.29) is 18.3 Å². The van der Waals surface area contributed by atoms with Gasteiger partial charge in [0.1, 0.15) is 17.2 Å². The summed E-state index contributed by atoms with van der Waals surface area (Å²) in [6, 6.07) is 7.45. The summed E-state index contributed by atoms with van der Waals surface area (Å²) in [6.07, 6.45) is 1.72. The summed E-state index contributed by atoms with van der Waals surface area (Å²) >= 11 is 3.49. The summed E-state index contributed by atoms with van der Waals surface area (Å²) in [7, 11) is 0.